The fourth-order valence-electron chi connectivity index (χ4n) is 2.65. The third-order valence-electron chi connectivity index (χ3n) is 3.71. The van der Waals surface area contributed by atoms with Gasteiger partial charge < -0.3 is 5.11 Å². The second kappa shape index (κ2) is 5.65. The van der Waals surface area contributed by atoms with Crippen molar-refractivity contribution in [2.75, 3.05) is 7.05 Å². The normalized spacial score (nSPS) is 17.3. The lowest BCUT2D eigenvalue weighted by Gasteiger charge is -2.31. The lowest BCUT2D eigenvalue weighted by atomic mass is 9.94. The number of hydrogen-bond acceptors (Lipinski definition) is 2. The highest BCUT2D eigenvalue weighted by Gasteiger charge is 2.19. The Bertz CT molecular complexity index is 393. The molecule has 100 valence electrons. The fourth-order valence-corrected chi connectivity index (χ4v) is 2.65. The molecule has 0 radical (unpaired) electrons. The summed E-state index contributed by atoms with van der Waals surface area (Å²) < 4.78 is 26.4. The minimum Gasteiger partial charge on any atom is -0.503 e. The Morgan fingerprint density at radius 1 is 1.17 bits per heavy atom. The molecule has 1 aliphatic rings. The summed E-state index contributed by atoms with van der Waals surface area (Å²) in [6, 6.07) is 2.91. The van der Waals surface area contributed by atoms with E-state index < -0.39 is 17.4 Å². The molecule has 0 spiro atoms. The number of phenolic OH excluding ortho intramolecular Hbond substituents is 1. The van der Waals surface area contributed by atoms with Crippen LogP contribution in [0.25, 0.3) is 0 Å². The molecule has 0 aromatic heterocycles. The van der Waals surface area contributed by atoms with Crippen LogP contribution in [0, 0.1) is 11.6 Å². The van der Waals surface area contributed by atoms with Crippen LogP contribution in [0.2, 0.25) is 0 Å². The Kier molecular flexibility index (Phi) is 4.17. The van der Waals surface area contributed by atoms with Crippen LogP contribution >= 0.6 is 0 Å². The highest BCUT2D eigenvalue weighted by Crippen LogP contribution is 2.25. The minimum atomic E-state index is -0.890. The van der Waals surface area contributed by atoms with Crippen LogP contribution in [0.1, 0.15) is 37.7 Å². The number of rotatable bonds is 3. The van der Waals surface area contributed by atoms with Gasteiger partial charge in [-0.3, -0.25) is 4.90 Å². The van der Waals surface area contributed by atoms with E-state index in [-0.39, 0.29) is 0 Å². The van der Waals surface area contributed by atoms with E-state index in [2.05, 4.69) is 4.90 Å². The maximum Gasteiger partial charge on any atom is 0.187 e. The summed E-state index contributed by atoms with van der Waals surface area (Å²) in [4.78, 5) is 2.14. The number of benzene rings is 1. The van der Waals surface area contributed by atoms with E-state index in [1.165, 1.54) is 31.4 Å². The summed E-state index contributed by atoms with van der Waals surface area (Å²) >= 11 is 0. The first-order valence-electron chi connectivity index (χ1n) is 6.45. The maximum absolute atomic E-state index is 13.2. The van der Waals surface area contributed by atoms with E-state index in [4.69, 9.17) is 5.11 Å². The van der Waals surface area contributed by atoms with E-state index >= 15 is 0 Å². The van der Waals surface area contributed by atoms with Gasteiger partial charge in [-0.25, -0.2) is 8.78 Å². The number of aromatic hydroxyl groups is 1. The van der Waals surface area contributed by atoms with E-state index in [0.717, 1.165) is 12.8 Å². The predicted octanol–water partition coefficient (Wildman–Crippen LogP) is 3.43. The van der Waals surface area contributed by atoms with E-state index in [0.29, 0.717) is 18.2 Å². The Labute approximate surface area is 106 Å². The van der Waals surface area contributed by atoms with Crippen LogP contribution in [0.5, 0.6) is 5.75 Å². The zero-order valence-corrected chi connectivity index (χ0v) is 10.6. The van der Waals surface area contributed by atoms with E-state index in [1.54, 1.807) is 0 Å². The van der Waals surface area contributed by atoms with Crippen molar-refractivity contribution in [3.8, 4) is 5.75 Å². The molecule has 1 N–H and O–H groups in total. The van der Waals surface area contributed by atoms with Crippen molar-refractivity contribution >= 4 is 0 Å². The highest BCUT2D eigenvalue weighted by atomic mass is 19.1. The number of halogens is 2. The first kappa shape index (κ1) is 13.3. The summed E-state index contributed by atoms with van der Waals surface area (Å²) in [6.07, 6.45) is 6.05. The van der Waals surface area contributed by atoms with Crippen LogP contribution in [0.15, 0.2) is 12.1 Å². The second-order valence-corrected chi connectivity index (χ2v) is 5.12. The largest absolute Gasteiger partial charge is 0.503 e. The van der Waals surface area contributed by atoms with Gasteiger partial charge in [0.2, 0.25) is 0 Å². The lowest BCUT2D eigenvalue weighted by Crippen LogP contribution is -2.32. The molecule has 0 aliphatic heterocycles. The van der Waals surface area contributed by atoms with Crippen LogP contribution in [-0.2, 0) is 6.54 Å². The third-order valence-corrected chi connectivity index (χ3v) is 3.71. The SMILES string of the molecule is CN(Cc1cc(F)c(O)c(F)c1)C1CCCCC1. The zero-order valence-electron chi connectivity index (χ0n) is 10.6. The molecular formula is C14H19F2NO. The maximum atomic E-state index is 13.2. The first-order chi connectivity index (χ1) is 8.58. The molecule has 2 rings (SSSR count). The first-order valence-corrected chi connectivity index (χ1v) is 6.45. The zero-order chi connectivity index (χ0) is 13.1. The molecule has 1 fully saturated rings. The quantitative estimate of drug-likeness (QED) is 0.894. The van der Waals surface area contributed by atoms with Crippen LogP contribution < -0.4 is 0 Å². The van der Waals surface area contributed by atoms with E-state index in [1.807, 2.05) is 7.05 Å². The summed E-state index contributed by atoms with van der Waals surface area (Å²) in [5, 5.41) is 9.05. The molecule has 0 atom stereocenters. The molecule has 0 amide bonds. The van der Waals surface area contributed by atoms with Gasteiger partial charge in [0.05, 0.1) is 0 Å². The topological polar surface area (TPSA) is 23.5 Å². The van der Waals surface area contributed by atoms with Crippen molar-refractivity contribution in [2.24, 2.45) is 0 Å². The van der Waals surface area contributed by atoms with Gasteiger partial charge in [-0.15, -0.1) is 0 Å². The summed E-state index contributed by atoms with van der Waals surface area (Å²) in [5.41, 5.74) is 0.566. The molecule has 1 aromatic carbocycles. The van der Waals surface area contributed by atoms with Crippen molar-refractivity contribution in [2.45, 2.75) is 44.7 Å². The standard InChI is InChI=1S/C14H19F2NO/c1-17(11-5-3-2-4-6-11)9-10-7-12(15)14(18)13(16)8-10/h7-8,11,18H,2-6,9H2,1H3. The van der Waals surface area contributed by atoms with Crippen LogP contribution in [-0.4, -0.2) is 23.1 Å². The van der Waals surface area contributed by atoms with Crippen molar-refractivity contribution in [3.63, 3.8) is 0 Å². The molecule has 18 heavy (non-hydrogen) atoms. The third kappa shape index (κ3) is 2.99. The van der Waals surface area contributed by atoms with Gasteiger partial charge in [0.25, 0.3) is 0 Å². The molecule has 0 bridgehead atoms. The summed E-state index contributed by atoms with van der Waals surface area (Å²) in [5.74, 6) is -2.66. The van der Waals surface area contributed by atoms with Gasteiger partial charge >= 0.3 is 0 Å². The molecule has 4 heteroatoms. The average molecular weight is 255 g/mol. The van der Waals surface area contributed by atoms with Crippen molar-refractivity contribution in [1.29, 1.82) is 0 Å². The molecule has 1 saturated carbocycles. The molecule has 2 nitrogen and oxygen atoms in total. The summed E-state index contributed by atoms with van der Waals surface area (Å²) in [7, 11) is 1.98. The predicted molar refractivity (Wildman–Crippen MR) is 66.4 cm³/mol. The smallest absolute Gasteiger partial charge is 0.187 e. The van der Waals surface area contributed by atoms with Crippen molar-refractivity contribution in [3.05, 3.63) is 29.3 Å². The number of phenols is 1. The van der Waals surface area contributed by atoms with Crippen molar-refractivity contribution < 1.29 is 13.9 Å². The van der Waals surface area contributed by atoms with Crippen molar-refractivity contribution in [1.82, 2.24) is 4.90 Å². The van der Waals surface area contributed by atoms with Gasteiger partial charge in [0.1, 0.15) is 0 Å². The van der Waals surface area contributed by atoms with Crippen LogP contribution in [0.3, 0.4) is 0 Å². The van der Waals surface area contributed by atoms with Crippen LogP contribution in [0.4, 0.5) is 8.78 Å². The Balaban J connectivity index is 2.04. The van der Waals surface area contributed by atoms with Gasteiger partial charge in [0, 0.05) is 12.6 Å². The Hall–Kier alpha value is -1.16. The number of hydrogen-bond donors (Lipinski definition) is 1. The lowest BCUT2D eigenvalue weighted by molar-refractivity contribution is 0.184. The van der Waals surface area contributed by atoms with Gasteiger partial charge in [-0.05, 0) is 37.6 Å². The highest BCUT2D eigenvalue weighted by molar-refractivity contribution is 5.30. The molecule has 0 unspecified atom stereocenters. The Morgan fingerprint density at radius 3 is 2.28 bits per heavy atom. The molecular weight excluding hydrogens is 236 g/mol. The Morgan fingerprint density at radius 2 is 1.72 bits per heavy atom. The van der Waals surface area contributed by atoms with Gasteiger partial charge in [-0.2, -0.15) is 0 Å². The summed E-state index contributed by atoms with van der Waals surface area (Å²) in [6.45, 7) is 0.513. The average Bonchev–Trinajstić information content (AvgIpc) is 2.37. The van der Waals surface area contributed by atoms with Gasteiger partial charge in [-0.1, -0.05) is 19.3 Å². The molecule has 0 saturated heterocycles. The molecule has 0 heterocycles. The monoisotopic (exact) mass is 255 g/mol. The fraction of sp³-hybridized carbons (Fsp3) is 0.571. The second-order valence-electron chi connectivity index (χ2n) is 5.12. The molecule has 1 aliphatic carbocycles. The number of nitrogens with zero attached hydrogens (tertiary/aromatic N) is 1. The van der Waals surface area contributed by atoms with Gasteiger partial charge in [0.15, 0.2) is 17.4 Å². The molecule has 1 aromatic rings. The minimum absolute atomic E-state index is 0.499. The van der Waals surface area contributed by atoms with E-state index in [9.17, 15) is 8.78 Å².